The van der Waals surface area contributed by atoms with Crippen molar-refractivity contribution in [2.75, 3.05) is 22.5 Å². The van der Waals surface area contributed by atoms with Crippen LogP contribution in [0.15, 0.2) is 54.6 Å². The Morgan fingerprint density at radius 2 is 1.62 bits per heavy atom. The van der Waals surface area contributed by atoms with Crippen LogP contribution in [0, 0.1) is 12.3 Å². The molecule has 3 aromatic carbocycles. The van der Waals surface area contributed by atoms with Gasteiger partial charge in [0.15, 0.2) is 0 Å². The standard InChI is InChI=1S/C28H27ClF3N5O2.ClH/c1-15-20(29)10-7-11-21(15)35-25(39)18-12-16(13-22-23(18)37-26(36-22)33-14-27(2,3)4)34-24(38)17-8-5-6-9-19(17)28(30,31)32;/h5-13H,14H2,1-4H3,(H,34,38)(H,35,39)(H2,33,36,37);1H. The molecule has 0 atom stereocenters. The van der Waals surface area contributed by atoms with Crippen molar-refractivity contribution in [2.24, 2.45) is 5.41 Å². The molecule has 4 aromatic rings. The fraction of sp³-hybridized carbons (Fsp3) is 0.250. The van der Waals surface area contributed by atoms with Crippen molar-refractivity contribution < 1.29 is 22.8 Å². The maximum atomic E-state index is 13.5. The summed E-state index contributed by atoms with van der Waals surface area (Å²) in [5.41, 5.74) is 0.417. The van der Waals surface area contributed by atoms with Gasteiger partial charge in [-0.3, -0.25) is 9.59 Å². The van der Waals surface area contributed by atoms with Crippen LogP contribution >= 0.6 is 24.0 Å². The Kier molecular flexibility index (Phi) is 9.06. The molecule has 0 fully saturated rings. The molecule has 1 heterocycles. The summed E-state index contributed by atoms with van der Waals surface area (Å²) in [7, 11) is 0. The van der Waals surface area contributed by atoms with Gasteiger partial charge in [0, 0.05) is 22.9 Å². The summed E-state index contributed by atoms with van der Waals surface area (Å²) in [6.07, 6.45) is -4.71. The quantitative estimate of drug-likeness (QED) is 0.182. The second-order valence-electron chi connectivity index (χ2n) is 10.3. The number of aromatic amines is 1. The lowest BCUT2D eigenvalue weighted by atomic mass is 9.97. The van der Waals surface area contributed by atoms with E-state index in [0.29, 0.717) is 39.8 Å². The van der Waals surface area contributed by atoms with E-state index in [4.69, 9.17) is 11.6 Å². The third kappa shape index (κ3) is 7.05. The van der Waals surface area contributed by atoms with Gasteiger partial charge in [0.05, 0.1) is 22.2 Å². The summed E-state index contributed by atoms with van der Waals surface area (Å²) in [4.78, 5) is 34.0. The molecule has 1 aromatic heterocycles. The molecule has 0 saturated carbocycles. The average Bonchev–Trinajstić information content (AvgIpc) is 3.27. The predicted molar refractivity (Wildman–Crippen MR) is 155 cm³/mol. The second kappa shape index (κ2) is 11.8. The van der Waals surface area contributed by atoms with Crippen molar-refractivity contribution in [1.29, 1.82) is 0 Å². The molecule has 0 unspecified atom stereocenters. The predicted octanol–water partition coefficient (Wildman–Crippen LogP) is 7.93. The van der Waals surface area contributed by atoms with Crippen LogP contribution in [0.2, 0.25) is 5.02 Å². The highest BCUT2D eigenvalue weighted by molar-refractivity contribution is 6.31. The number of carbonyl (C=O) groups excluding carboxylic acids is 2. The minimum Gasteiger partial charge on any atom is -0.355 e. The first-order valence-corrected chi connectivity index (χ1v) is 12.4. The number of H-pyrrole nitrogens is 1. The first-order chi connectivity index (χ1) is 18.2. The molecule has 7 nitrogen and oxygen atoms in total. The molecule has 0 aliphatic rings. The van der Waals surface area contributed by atoms with Gasteiger partial charge < -0.3 is 20.9 Å². The number of nitrogens with one attached hydrogen (secondary N) is 4. The zero-order chi connectivity index (χ0) is 28.5. The maximum Gasteiger partial charge on any atom is 0.417 e. The molecule has 12 heteroatoms. The number of fused-ring (bicyclic) bond motifs is 1. The lowest BCUT2D eigenvalue weighted by Gasteiger charge is -2.17. The number of imidazole rings is 1. The number of rotatable bonds is 6. The number of anilines is 3. The van der Waals surface area contributed by atoms with Crippen LogP contribution in [-0.4, -0.2) is 28.3 Å². The summed E-state index contributed by atoms with van der Waals surface area (Å²) in [6, 6.07) is 12.5. The number of halogens is 5. The number of amides is 2. The van der Waals surface area contributed by atoms with E-state index in [2.05, 4.69) is 25.9 Å². The van der Waals surface area contributed by atoms with E-state index in [1.165, 1.54) is 24.3 Å². The smallest absolute Gasteiger partial charge is 0.355 e. The Labute approximate surface area is 240 Å². The average molecular weight is 594 g/mol. The number of carbonyl (C=O) groups is 2. The van der Waals surface area contributed by atoms with Crippen LogP contribution in [0.25, 0.3) is 11.0 Å². The van der Waals surface area contributed by atoms with E-state index in [0.717, 1.165) is 12.1 Å². The SMILES string of the molecule is Cc1c(Cl)cccc1NC(=O)c1cc(NC(=O)c2ccccc2C(F)(F)F)cc2[nH]c(NCC(C)(C)C)nc12.Cl. The Bertz CT molecular complexity index is 1560. The fourth-order valence-electron chi connectivity index (χ4n) is 3.85. The molecule has 0 radical (unpaired) electrons. The molecule has 0 aliphatic heterocycles. The molecular weight excluding hydrogens is 566 g/mol. The van der Waals surface area contributed by atoms with Gasteiger partial charge in [-0.05, 0) is 54.3 Å². The van der Waals surface area contributed by atoms with E-state index >= 15 is 0 Å². The minimum atomic E-state index is -4.71. The number of hydrogen-bond acceptors (Lipinski definition) is 4. The molecule has 0 bridgehead atoms. The highest BCUT2D eigenvalue weighted by Gasteiger charge is 2.35. The van der Waals surface area contributed by atoms with Crippen molar-refractivity contribution in [3.05, 3.63) is 81.9 Å². The van der Waals surface area contributed by atoms with Crippen molar-refractivity contribution in [3.8, 4) is 0 Å². The summed E-state index contributed by atoms with van der Waals surface area (Å²) >= 11 is 6.19. The number of alkyl halides is 3. The Hall–Kier alpha value is -3.76. The summed E-state index contributed by atoms with van der Waals surface area (Å²) in [5.74, 6) is -1.10. The summed E-state index contributed by atoms with van der Waals surface area (Å²) < 4.78 is 40.5. The highest BCUT2D eigenvalue weighted by Crippen LogP contribution is 2.33. The molecule has 0 spiro atoms. The highest BCUT2D eigenvalue weighted by atomic mass is 35.5. The first kappa shape index (κ1) is 30.8. The zero-order valence-electron chi connectivity index (χ0n) is 22.1. The molecule has 40 heavy (non-hydrogen) atoms. The van der Waals surface area contributed by atoms with Gasteiger partial charge in [0.25, 0.3) is 11.8 Å². The maximum absolute atomic E-state index is 13.5. The van der Waals surface area contributed by atoms with E-state index in [-0.39, 0.29) is 29.1 Å². The topological polar surface area (TPSA) is 98.9 Å². The van der Waals surface area contributed by atoms with Gasteiger partial charge in [-0.2, -0.15) is 13.2 Å². The van der Waals surface area contributed by atoms with Gasteiger partial charge >= 0.3 is 6.18 Å². The van der Waals surface area contributed by atoms with Gasteiger partial charge in [-0.1, -0.05) is 50.6 Å². The van der Waals surface area contributed by atoms with Crippen LogP contribution in [0.3, 0.4) is 0 Å². The van der Waals surface area contributed by atoms with Crippen LogP contribution in [0.5, 0.6) is 0 Å². The summed E-state index contributed by atoms with van der Waals surface area (Å²) in [5, 5.41) is 8.96. The van der Waals surface area contributed by atoms with Crippen LogP contribution in [-0.2, 0) is 6.18 Å². The number of aromatic nitrogens is 2. The van der Waals surface area contributed by atoms with Crippen LogP contribution in [0.4, 0.5) is 30.5 Å². The molecule has 4 N–H and O–H groups in total. The first-order valence-electron chi connectivity index (χ1n) is 12.0. The Morgan fingerprint density at radius 1 is 0.950 bits per heavy atom. The number of hydrogen-bond donors (Lipinski definition) is 4. The van der Waals surface area contributed by atoms with Crippen LogP contribution in [0.1, 0.15) is 52.6 Å². The zero-order valence-corrected chi connectivity index (χ0v) is 23.7. The largest absolute Gasteiger partial charge is 0.417 e. The van der Waals surface area contributed by atoms with Crippen molar-refractivity contribution >= 4 is 64.2 Å². The Morgan fingerprint density at radius 3 is 2.30 bits per heavy atom. The lowest BCUT2D eigenvalue weighted by molar-refractivity contribution is -0.137. The van der Waals surface area contributed by atoms with Crippen molar-refractivity contribution in [3.63, 3.8) is 0 Å². The molecule has 0 aliphatic carbocycles. The molecule has 4 rings (SSSR count). The van der Waals surface area contributed by atoms with Gasteiger partial charge in [0.2, 0.25) is 5.95 Å². The van der Waals surface area contributed by atoms with Crippen molar-refractivity contribution in [1.82, 2.24) is 9.97 Å². The third-order valence-corrected chi connectivity index (χ3v) is 6.28. The van der Waals surface area contributed by atoms with Crippen LogP contribution < -0.4 is 16.0 Å². The number of benzene rings is 3. The Balaban J connectivity index is 0.00000441. The minimum absolute atomic E-state index is 0. The van der Waals surface area contributed by atoms with E-state index in [1.54, 1.807) is 25.1 Å². The van der Waals surface area contributed by atoms with E-state index in [1.807, 2.05) is 20.8 Å². The normalized spacial score (nSPS) is 11.6. The molecular formula is C28H28Cl2F3N5O2. The number of nitrogens with zero attached hydrogens (tertiary/aromatic N) is 1. The second-order valence-corrected chi connectivity index (χ2v) is 10.7. The fourth-order valence-corrected chi connectivity index (χ4v) is 4.03. The van der Waals surface area contributed by atoms with Gasteiger partial charge in [-0.15, -0.1) is 12.4 Å². The monoisotopic (exact) mass is 593 g/mol. The van der Waals surface area contributed by atoms with Crippen molar-refractivity contribution in [2.45, 2.75) is 33.9 Å². The lowest BCUT2D eigenvalue weighted by Crippen LogP contribution is -2.19. The van der Waals surface area contributed by atoms with Gasteiger partial charge in [0.1, 0.15) is 5.52 Å². The van der Waals surface area contributed by atoms with E-state index in [9.17, 15) is 22.8 Å². The third-order valence-electron chi connectivity index (χ3n) is 5.87. The molecule has 0 saturated heterocycles. The summed E-state index contributed by atoms with van der Waals surface area (Å²) in [6.45, 7) is 8.46. The molecule has 2 amide bonds. The molecule has 212 valence electrons. The van der Waals surface area contributed by atoms with E-state index < -0.39 is 29.1 Å². The van der Waals surface area contributed by atoms with Gasteiger partial charge in [-0.25, -0.2) is 4.98 Å².